The van der Waals surface area contributed by atoms with Crippen molar-refractivity contribution in [1.29, 1.82) is 0 Å². The number of hydrogen-bond donors (Lipinski definition) is 1. The van der Waals surface area contributed by atoms with E-state index in [1.807, 2.05) is 6.07 Å². The Morgan fingerprint density at radius 3 is 2.82 bits per heavy atom. The zero-order chi connectivity index (χ0) is 15.4. The van der Waals surface area contributed by atoms with Crippen LogP contribution in [-0.4, -0.2) is 54.5 Å². The van der Waals surface area contributed by atoms with Gasteiger partial charge in [-0.3, -0.25) is 9.59 Å². The van der Waals surface area contributed by atoms with Gasteiger partial charge in [0.05, 0.1) is 0 Å². The molecule has 118 valence electrons. The highest BCUT2D eigenvalue weighted by atomic mass is 32.2. The van der Waals surface area contributed by atoms with Gasteiger partial charge in [-0.2, -0.15) is 0 Å². The van der Waals surface area contributed by atoms with Gasteiger partial charge in [-0.15, -0.1) is 0 Å². The average molecular weight is 319 g/mol. The number of benzene rings is 1. The van der Waals surface area contributed by atoms with Gasteiger partial charge < -0.3 is 15.1 Å². The molecule has 2 amide bonds. The SMILES string of the molecule is O=C(CN1CCSC1=O)NC[C@@H]1CCN(c2ccccc2)C1. The molecule has 2 aliphatic heterocycles. The zero-order valence-corrected chi connectivity index (χ0v) is 13.3. The molecule has 5 nitrogen and oxygen atoms in total. The molecule has 2 fully saturated rings. The van der Waals surface area contributed by atoms with E-state index in [0.717, 1.165) is 25.3 Å². The number of nitrogens with one attached hydrogen (secondary N) is 1. The third-order valence-electron chi connectivity index (χ3n) is 4.17. The molecule has 2 saturated heterocycles. The van der Waals surface area contributed by atoms with Gasteiger partial charge in [0.1, 0.15) is 6.54 Å². The zero-order valence-electron chi connectivity index (χ0n) is 12.5. The first-order chi connectivity index (χ1) is 10.7. The van der Waals surface area contributed by atoms with Crippen molar-refractivity contribution in [2.75, 3.05) is 43.4 Å². The quantitative estimate of drug-likeness (QED) is 0.899. The molecule has 1 aromatic rings. The highest BCUT2D eigenvalue weighted by Crippen LogP contribution is 2.23. The molecule has 2 aliphatic rings. The Balaban J connectivity index is 1.41. The number of carbonyl (C=O) groups is 2. The molecule has 2 heterocycles. The molecule has 0 aliphatic carbocycles. The number of hydrogen-bond acceptors (Lipinski definition) is 4. The fraction of sp³-hybridized carbons (Fsp3) is 0.500. The summed E-state index contributed by atoms with van der Waals surface area (Å²) in [4.78, 5) is 27.4. The Hall–Kier alpha value is -1.69. The lowest BCUT2D eigenvalue weighted by Gasteiger charge is -2.19. The Labute approximate surface area is 135 Å². The fourth-order valence-corrected chi connectivity index (χ4v) is 3.75. The predicted octanol–water partition coefficient (Wildman–Crippen LogP) is 1.80. The van der Waals surface area contributed by atoms with Crippen LogP contribution in [0.3, 0.4) is 0 Å². The Kier molecular flexibility index (Phi) is 4.87. The molecule has 0 unspecified atom stereocenters. The average Bonchev–Trinajstić information content (AvgIpc) is 3.16. The van der Waals surface area contributed by atoms with Crippen LogP contribution in [0.1, 0.15) is 6.42 Å². The van der Waals surface area contributed by atoms with Crippen molar-refractivity contribution >= 4 is 28.6 Å². The van der Waals surface area contributed by atoms with Crippen molar-refractivity contribution in [3.8, 4) is 0 Å². The van der Waals surface area contributed by atoms with Crippen LogP contribution in [0.25, 0.3) is 0 Å². The van der Waals surface area contributed by atoms with Gasteiger partial charge in [0, 0.05) is 37.6 Å². The van der Waals surface area contributed by atoms with Gasteiger partial charge in [-0.1, -0.05) is 30.0 Å². The lowest BCUT2D eigenvalue weighted by atomic mass is 10.1. The van der Waals surface area contributed by atoms with Crippen molar-refractivity contribution in [3.05, 3.63) is 30.3 Å². The minimum Gasteiger partial charge on any atom is -0.371 e. The minimum atomic E-state index is -0.0472. The maximum Gasteiger partial charge on any atom is 0.282 e. The number of amides is 2. The molecular formula is C16H21N3O2S. The van der Waals surface area contributed by atoms with Gasteiger partial charge in [0.15, 0.2) is 0 Å². The molecular weight excluding hydrogens is 298 g/mol. The van der Waals surface area contributed by atoms with E-state index in [4.69, 9.17) is 0 Å². The smallest absolute Gasteiger partial charge is 0.282 e. The first-order valence-corrected chi connectivity index (χ1v) is 8.69. The first-order valence-electron chi connectivity index (χ1n) is 7.71. The maximum absolute atomic E-state index is 11.9. The summed E-state index contributed by atoms with van der Waals surface area (Å²) in [5.74, 6) is 1.22. The van der Waals surface area contributed by atoms with Crippen molar-refractivity contribution in [2.45, 2.75) is 6.42 Å². The molecule has 6 heteroatoms. The minimum absolute atomic E-state index is 0.0197. The number of nitrogens with zero attached hydrogens (tertiary/aromatic N) is 2. The van der Waals surface area contributed by atoms with Crippen LogP contribution >= 0.6 is 11.8 Å². The molecule has 0 spiro atoms. The normalized spacial score (nSPS) is 21.5. The highest BCUT2D eigenvalue weighted by molar-refractivity contribution is 8.13. The van der Waals surface area contributed by atoms with E-state index >= 15 is 0 Å². The third kappa shape index (κ3) is 3.74. The number of carbonyl (C=O) groups excluding carboxylic acids is 2. The molecule has 0 radical (unpaired) electrons. The van der Waals surface area contributed by atoms with E-state index in [1.54, 1.807) is 4.90 Å². The van der Waals surface area contributed by atoms with E-state index < -0.39 is 0 Å². The Morgan fingerprint density at radius 2 is 2.09 bits per heavy atom. The summed E-state index contributed by atoms with van der Waals surface area (Å²) in [6.45, 7) is 3.58. The summed E-state index contributed by atoms with van der Waals surface area (Å²) in [5, 5.41) is 3.00. The standard InChI is InChI=1S/C16H21N3O2S/c20-15(12-19-8-9-22-16(19)21)17-10-13-6-7-18(11-13)14-4-2-1-3-5-14/h1-5,13H,6-12H2,(H,17,20)/t13-/m0/s1. The van der Waals surface area contributed by atoms with Crippen LogP contribution < -0.4 is 10.2 Å². The van der Waals surface area contributed by atoms with Crippen molar-refractivity contribution in [3.63, 3.8) is 0 Å². The van der Waals surface area contributed by atoms with E-state index in [-0.39, 0.29) is 17.7 Å². The van der Waals surface area contributed by atoms with Gasteiger partial charge in [-0.25, -0.2) is 0 Å². The van der Waals surface area contributed by atoms with Crippen LogP contribution in [0.2, 0.25) is 0 Å². The summed E-state index contributed by atoms with van der Waals surface area (Å²) >= 11 is 1.29. The lowest BCUT2D eigenvalue weighted by Crippen LogP contribution is -2.39. The van der Waals surface area contributed by atoms with Gasteiger partial charge in [-0.05, 0) is 24.5 Å². The van der Waals surface area contributed by atoms with Gasteiger partial charge in [0.2, 0.25) is 5.91 Å². The number of para-hydroxylation sites is 1. The summed E-state index contributed by atoms with van der Waals surface area (Å²) in [6.07, 6.45) is 1.09. The molecule has 3 rings (SSSR count). The number of thioether (sulfide) groups is 1. The molecule has 1 N–H and O–H groups in total. The van der Waals surface area contributed by atoms with E-state index in [2.05, 4.69) is 34.5 Å². The van der Waals surface area contributed by atoms with Crippen LogP contribution in [-0.2, 0) is 4.79 Å². The second-order valence-corrected chi connectivity index (χ2v) is 6.82. The molecule has 1 aromatic carbocycles. The second-order valence-electron chi connectivity index (χ2n) is 5.78. The van der Waals surface area contributed by atoms with Crippen molar-refractivity contribution in [1.82, 2.24) is 10.2 Å². The number of rotatable bonds is 5. The largest absolute Gasteiger partial charge is 0.371 e. The summed E-state index contributed by atoms with van der Waals surface area (Å²) in [5.41, 5.74) is 1.25. The predicted molar refractivity (Wildman–Crippen MR) is 89.2 cm³/mol. The Morgan fingerprint density at radius 1 is 1.27 bits per heavy atom. The summed E-state index contributed by atoms with van der Waals surface area (Å²) in [6, 6.07) is 10.4. The third-order valence-corrected chi connectivity index (χ3v) is 5.07. The summed E-state index contributed by atoms with van der Waals surface area (Å²) in [7, 11) is 0. The van der Waals surface area contributed by atoms with E-state index in [1.165, 1.54) is 17.4 Å². The molecule has 0 saturated carbocycles. The summed E-state index contributed by atoms with van der Waals surface area (Å²) < 4.78 is 0. The topological polar surface area (TPSA) is 52.7 Å². The molecule has 22 heavy (non-hydrogen) atoms. The lowest BCUT2D eigenvalue weighted by molar-refractivity contribution is -0.121. The van der Waals surface area contributed by atoms with E-state index in [9.17, 15) is 9.59 Å². The fourth-order valence-electron chi connectivity index (χ4n) is 2.93. The second kappa shape index (κ2) is 7.05. The maximum atomic E-state index is 11.9. The van der Waals surface area contributed by atoms with Crippen LogP contribution in [0.5, 0.6) is 0 Å². The van der Waals surface area contributed by atoms with Crippen molar-refractivity contribution in [2.24, 2.45) is 5.92 Å². The van der Waals surface area contributed by atoms with Crippen molar-refractivity contribution < 1.29 is 9.59 Å². The molecule has 0 aromatic heterocycles. The molecule has 0 bridgehead atoms. The Bertz CT molecular complexity index is 537. The van der Waals surface area contributed by atoms with Crippen LogP contribution in [0.15, 0.2) is 30.3 Å². The molecule has 1 atom stereocenters. The van der Waals surface area contributed by atoms with Crippen LogP contribution in [0, 0.1) is 5.92 Å². The number of anilines is 1. The highest BCUT2D eigenvalue weighted by Gasteiger charge is 2.25. The van der Waals surface area contributed by atoms with Gasteiger partial charge in [0.25, 0.3) is 5.24 Å². The first kappa shape index (κ1) is 15.2. The van der Waals surface area contributed by atoms with Crippen LogP contribution in [0.4, 0.5) is 10.5 Å². The monoisotopic (exact) mass is 319 g/mol. The van der Waals surface area contributed by atoms with Gasteiger partial charge >= 0.3 is 0 Å². The van der Waals surface area contributed by atoms with E-state index in [0.29, 0.717) is 19.0 Å².